The Morgan fingerprint density at radius 2 is 1.90 bits per heavy atom. The number of aliphatic hydroxyl groups excluding tert-OH is 1. The Kier molecular flexibility index (Phi) is 5.23. The van der Waals surface area contributed by atoms with Crippen LogP contribution in [-0.4, -0.2) is 18.3 Å². The van der Waals surface area contributed by atoms with Crippen LogP contribution in [0.25, 0.3) is 0 Å². The van der Waals surface area contributed by atoms with E-state index in [1.165, 1.54) is 5.56 Å². The van der Waals surface area contributed by atoms with Gasteiger partial charge in [-0.2, -0.15) is 0 Å². The summed E-state index contributed by atoms with van der Waals surface area (Å²) in [5.74, 6) is 6.41. The predicted octanol–water partition coefficient (Wildman–Crippen LogP) is 2.96. The minimum atomic E-state index is -0.117. The van der Waals surface area contributed by atoms with Crippen LogP contribution in [-0.2, 0) is 6.42 Å². The highest BCUT2D eigenvalue weighted by atomic mass is 16.5. The van der Waals surface area contributed by atoms with Crippen LogP contribution in [0.15, 0.2) is 48.5 Å². The quantitative estimate of drug-likeness (QED) is 0.862. The molecule has 0 unspecified atom stereocenters. The fraction of sp³-hybridized carbons (Fsp3) is 0.222. The number of aryl methyl sites for hydroxylation is 1. The first-order valence-electron chi connectivity index (χ1n) is 6.66. The first kappa shape index (κ1) is 14.2. The van der Waals surface area contributed by atoms with Gasteiger partial charge < -0.3 is 9.84 Å². The second-order valence-electron chi connectivity index (χ2n) is 4.52. The van der Waals surface area contributed by atoms with E-state index >= 15 is 0 Å². The summed E-state index contributed by atoms with van der Waals surface area (Å²) in [6.45, 7) is 2.54. The standard InChI is InChI=1S/C18H18O2/c1-15-14-17(8-5-12-19)9-10-18(15)20-13-11-16-6-3-2-4-7-16/h2-4,6-7,9-10,14,19H,11-13H2,1H3. The van der Waals surface area contributed by atoms with Crippen molar-refractivity contribution in [3.63, 3.8) is 0 Å². The molecule has 0 aliphatic rings. The van der Waals surface area contributed by atoms with Gasteiger partial charge in [0.1, 0.15) is 12.4 Å². The zero-order chi connectivity index (χ0) is 14.2. The molecule has 0 atom stereocenters. The third-order valence-electron chi connectivity index (χ3n) is 2.98. The Hall–Kier alpha value is -2.24. The van der Waals surface area contributed by atoms with Crippen LogP contribution in [0.5, 0.6) is 5.75 Å². The minimum absolute atomic E-state index is 0.117. The second kappa shape index (κ2) is 7.37. The van der Waals surface area contributed by atoms with Crippen LogP contribution in [0.2, 0.25) is 0 Å². The van der Waals surface area contributed by atoms with Gasteiger partial charge in [0, 0.05) is 12.0 Å². The van der Waals surface area contributed by atoms with Crippen molar-refractivity contribution in [2.75, 3.05) is 13.2 Å². The Morgan fingerprint density at radius 1 is 1.10 bits per heavy atom. The van der Waals surface area contributed by atoms with Gasteiger partial charge in [-0.05, 0) is 36.2 Å². The zero-order valence-corrected chi connectivity index (χ0v) is 11.6. The molecule has 0 aliphatic heterocycles. The molecule has 0 aromatic heterocycles. The molecule has 0 spiro atoms. The van der Waals surface area contributed by atoms with Crippen LogP contribution in [0.4, 0.5) is 0 Å². The lowest BCUT2D eigenvalue weighted by Crippen LogP contribution is -2.02. The molecule has 2 nitrogen and oxygen atoms in total. The molecule has 0 amide bonds. The molecule has 0 saturated carbocycles. The van der Waals surface area contributed by atoms with Crippen LogP contribution in [0, 0.1) is 18.8 Å². The molecule has 0 aliphatic carbocycles. The van der Waals surface area contributed by atoms with Gasteiger partial charge in [-0.15, -0.1) is 0 Å². The third kappa shape index (κ3) is 4.15. The molecular formula is C18H18O2. The van der Waals surface area contributed by atoms with Crippen molar-refractivity contribution in [1.82, 2.24) is 0 Å². The van der Waals surface area contributed by atoms with E-state index in [9.17, 15) is 0 Å². The molecule has 0 fully saturated rings. The Morgan fingerprint density at radius 3 is 2.60 bits per heavy atom. The Labute approximate surface area is 120 Å². The smallest absolute Gasteiger partial charge is 0.122 e. The van der Waals surface area contributed by atoms with Crippen molar-refractivity contribution in [3.8, 4) is 17.6 Å². The average Bonchev–Trinajstić information content (AvgIpc) is 2.48. The van der Waals surface area contributed by atoms with Crippen LogP contribution >= 0.6 is 0 Å². The summed E-state index contributed by atoms with van der Waals surface area (Å²) < 4.78 is 5.80. The lowest BCUT2D eigenvalue weighted by molar-refractivity contribution is 0.320. The SMILES string of the molecule is Cc1cc(C#CCO)ccc1OCCc1ccccc1. The van der Waals surface area contributed by atoms with Gasteiger partial charge in [-0.3, -0.25) is 0 Å². The normalized spacial score (nSPS) is 9.70. The summed E-state index contributed by atoms with van der Waals surface area (Å²) in [4.78, 5) is 0. The molecule has 20 heavy (non-hydrogen) atoms. The van der Waals surface area contributed by atoms with Gasteiger partial charge in [0.2, 0.25) is 0 Å². The van der Waals surface area contributed by atoms with Gasteiger partial charge in [0.15, 0.2) is 0 Å². The van der Waals surface area contributed by atoms with Gasteiger partial charge >= 0.3 is 0 Å². The summed E-state index contributed by atoms with van der Waals surface area (Å²) in [5, 5.41) is 8.68. The van der Waals surface area contributed by atoms with Gasteiger partial charge in [-0.25, -0.2) is 0 Å². The number of benzene rings is 2. The molecule has 0 radical (unpaired) electrons. The van der Waals surface area contributed by atoms with Crippen molar-refractivity contribution in [3.05, 3.63) is 65.2 Å². The zero-order valence-electron chi connectivity index (χ0n) is 11.6. The fourth-order valence-electron chi connectivity index (χ4n) is 1.95. The number of hydrogen-bond donors (Lipinski definition) is 1. The summed E-state index contributed by atoms with van der Waals surface area (Å²) in [6.07, 6.45) is 0.895. The lowest BCUT2D eigenvalue weighted by Gasteiger charge is -2.09. The average molecular weight is 266 g/mol. The summed E-state index contributed by atoms with van der Waals surface area (Å²) in [5.41, 5.74) is 3.23. The van der Waals surface area contributed by atoms with Crippen LogP contribution in [0.1, 0.15) is 16.7 Å². The number of hydrogen-bond acceptors (Lipinski definition) is 2. The number of ether oxygens (including phenoxy) is 1. The highest BCUT2D eigenvalue weighted by molar-refractivity contribution is 5.43. The van der Waals surface area contributed by atoms with Crippen molar-refractivity contribution in [2.45, 2.75) is 13.3 Å². The highest BCUT2D eigenvalue weighted by Crippen LogP contribution is 2.19. The molecular weight excluding hydrogens is 248 g/mol. The topological polar surface area (TPSA) is 29.5 Å². The van der Waals surface area contributed by atoms with Crippen LogP contribution in [0.3, 0.4) is 0 Å². The molecule has 0 heterocycles. The Balaban J connectivity index is 1.93. The van der Waals surface area contributed by atoms with Gasteiger partial charge in [-0.1, -0.05) is 42.2 Å². The van der Waals surface area contributed by atoms with Crippen LogP contribution < -0.4 is 4.74 Å². The van der Waals surface area contributed by atoms with Crippen molar-refractivity contribution >= 4 is 0 Å². The molecule has 0 bridgehead atoms. The second-order valence-corrected chi connectivity index (χ2v) is 4.52. The molecule has 2 aromatic carbocycles. The molecule has 0 saturated heterocycles. The maximum absolute atomic E-state index is 8.68. The van der Waals surface area contributed by atoms with E-state index < -0.39 is 0 Å². The molecule has 1 N–H and O–H groups in total. The largest absolute Gasteiger partial charge is 0.493 e. The maximum Gasteiger partial charge on any atom is 0.122 e. The number of aliphatic hydroxyl groups is 1. The van der Waals surface area contributed by atoms with E-state index in [1.54, 1.807) is 0 Å². The lowest BCUT2D eigenvalue weighted by atomic mass is 10.1. The molecule has 2 heteroatoms. The first-order valence-corrected chi connectivity index (χ1v) is 6.66. The van der Waals surface area contributed by atoms with E-state index in [1.807, 2.05) is 43.3 Å². The van der Waals surface area contributed by atoms with Gasteiger partial charge in [0.05, 0.1) is 6.61 Å². The highest BCUT2D eigenvalue weighted by Gasteiger charge is 2.00. The maximum atomic E-state index is 8.68. The summed E-state index contributed by atoms with van der Waals surface area (Å²) in [6, 6.07) is 16.1. The number of rotatable bonds is 4. The van der Waals surface area contributed by atoms with Crippen molar-refractivity contribution in [1.29, 1.82) is 0 Å². The minimum Gasteiger partial charge on any atom is -0.493 e. The fourth-order valence-corrected chi connectivity index (χ4v) is 1.95. The first-order chi connectivity index (χ1) is 9.79. The predicted molar refractivity (Wildman–Crippen MR) is 80.8 cm³/mol. The van der Waals surface area contributed by atoms with Crippen molar-refractivity contribution in [2.24, 2.45) is 0 Å². The Bertz CT molecular complexity index is 606. The van der Waals surface area contributed by atoms with E-state index in [0.717, 1.165) is 23.3 Å². The van der Waals surface area contributed by atoms with E-state index in [0.29, 0.717) is 6.61 Å². The summed E-state index contributed by atoms with van der Waals surface area (Å²) in [7, 11) is 0. The van der Waals surface area contributed by atoms with E-state index in [2.05, 4.69) is 24.0 Å². The van der Waals surface area contributed by atoms with E-state index in [-0.39, 0.29) is 6.61 Å². The molecule has 2 rings (SSSR count). The van der Waals surface area contributed by atoms with Crippen molar-refractivity contribution < 1.29 is 9.84 Å². The monoisotopic (exact) mass is 266 g/mol. The summed E-state index contributed by atoms with van der Waals surface area (Å²) >= 11 is 0. The third-order valence-corrected chi connectivity index (χ3v) is 2.98. The van der Waals surface area contributed by atoms with Gasteiger partial charge in [0.25, 0.3) is 0 Å². The molecule has 2 aromatic rings. The van der Waals surface area contributed by atoms with E-state index in [4.69, 9.17) is 9.84 Å². The molecule has 102 valence electrons.